The molecule has 2 aromatic rings. The second-order valence-electron chi connectivity index (χ2n) is 5.96. The number of carbonyl (C=O) groups is 3. The standard InChI is InChI=1S/C18H15NO6S/c1-18(2)24-16(22)13(17(23)25-18)8-19-14-7-10(11-5-6-26-9-11)3-4-12(14)15(20)21/h3-9,19H,1-2H3,(H,20,21). The predicted molar refractivity (Wildman–Crippen MR) is 94.7 cm³/mol. The SMILES string of the molecule is CC1(C)OC(=O)C(=CNc2cc(-c3ccsc3)ccc2C(=O)O)C(=O)O1. The van der Waals surface area contributed by atoms with E-state index in [9.17, 15) is 19.5 Å². The first-order chi connectivity index (χ1) is 12.3. The molecule has 1 aliphatic rings. The molecule has 134 valence electrons. The molecule has 1 aromatic carbocycles. The van der Waals surface area contributed by atoms with Gasteiger partial charge in [0, 0.05) is 20.0 Å². The van der Waals surface area contributed by atoms with Crippen LogP contribution in [0.1, 0.15) is 24.2 Å². The van der Waals surface area contributed by atoms with Gasteiger partial charge in [-0.15, -0.1) is 0 Å². The highest BCUT2D eigenvalue weighted by molar-refractivity contribution is 7.08. The van der Waals surface area contributed by atoms with Crippen molar-refractivity contribution in [3.05, 3.63) is 52.4 Å². The van der Waals surface area contributed by atoms with E-state index in [1.165, 1.54) is 31.3 Å². The number of benzene rings is 1. The van der Waals surface area contributed by atoms with Gasteiger partial charge in [-0.25, -0.2) is 14.4 Å². The quantitative estimate of drug-likeness (QED) is 0.482. The first kappa shape index (κ1) is 17.7. The van der Waals surface area contributed by atoms with Crippen molar-refractivity contribution < 1.29 is 29.0 Å². The Balaban J connectivity index is 1.93. The van der Waals surface area contributed by atoms with Crippen LogP contribution in [0.4, 0.5) is 5.69 Å². The van der Waals surface area contributed by atoms with Gasteiger partial charge in [-0.2, -0.15) is 11.3 Å². The fourth-order valence-corrected chi connectivity index (χ4v) is 3.05. The van der Waals surface area contributed by atoms with Gasteiger partial charge in [0.25, 0.3) is 5.79 Å². The lowest BCUT2D eigenvalue weighted by atomic mass is 10.0. The maximum absolute atomic E-state index is 12.0. The lowest BCUT2D eigenvalue weighted by molar-refractivity contribution is -0.222. The molecular weight excluding hydrogens is 358 g/mol. The molecule has 0 aliphatic carbocycles. The Morgan fingerprint density at radius 2 is 1.85 bits per heavy atom. The molecule has 2 heterocycles. The first-order valence-corrected chi connectivity index (χ1v) is 8.54. The Labute approximate surface area is 152 Å². The lowest BCUT2D eigenvalue weighted by Gasteiger charge is -2.29. The fraction of sp³-hybridized carbons (Fsp3) is 0.167. The van der Waals surface area contributed by atoms with E-state index < -0.39 is 23.7 Å². The third kappa shape index (κ3) is 3.60. The number of esters is 2. The summed E-state index contributed by atoms with van der Waals surface area (Å²) in [6.45, 7) is 2.89. The van der Waals surface area contributed by atoms with Crippen molar-refractivity contribution in [1.82, 2.24) is 0 Å². The number of cyclic esters (lactones) is 2. The van der Waals surface area contributed by atoms with Gasteiger partial charge in [0.15, 0.2) is 5.57 Å². The minimum absolute atomic E-state index is 0.00120. The number of aromatic carboxylic acids is 1. The van der Waals surface area contributed by atoms with E-state index in [0.717, 1.165) is 17.3 Å². The maximum Gasteiger partial charge on any atom is 0.350 e. The molecule has 8 heteroatoms. The Bertz CT molecular complexity index is 892. The number of carbonyl (C=O) groups excluding carboxylic acids is 2. The molecule has 0 spiro atoms. The molecule has 2 N–H and O–H groups in total. The summed E-state index contributed by atoms with van der Waals surface area (Å²) < 4.78 is 10.0. The largest absolute Gasteiger partial charge is 0.478 e. The van der Waals surface area contributed by atoms with Crippen LogP contribution in [0.2, 0.25) is 0 Å². The molecule has 0 amide bonds. The molecule has 3 rings (SSSR count). The fourth-order valence-electron chi connectivity index (χ4n) is 2.39. The molecule has 0 bridgehead atoms. The zero-order chi connectivity index (χ0) is 18.9. The van der Waals surface area contributed by atoms with Crippen molar-refractivity contribution in [2.75, 3.05) is 5.32 Å². The summed E-state index contributed by atoms with van der Waals surface area (Å²) in [7, 11) is 0. The number of ether oxygens (including phenoxy) is 2. The van der Waals surface area contributed by atoms with E-state index in [1.807, 2.05) is 16.8 Å². The molecule has 1 fully saturated rings. The number of carboxylic acid groups (broad SMARTS) is 1. The minimum Gasteiger partial charge on any atom is -0.478 e. The summed E-state index contributed by atoms with van der Waals surface area (Å²) in [5.41, 5.74) is 1.62. The Morgan fingerprint density at radius 1 is 1.15 bits per heavy atom. The Morgan fingerprint density at radius 3 is 2.42 bits per heavy atom. The van der Waals surface area contributed by atoms with Crippen molar-refractivity contribution in [3.8, 4) is 11.1 Å². The lowest BCUT2D eigenvalue weighted by Crippen LogP contribution is -2.42. The van der Waals surface area contributed by atoms with Crippen LogP contribution < -0.4 is 5.32 Å². The number of anilines is 1. The van der Waals surface area contributed by atoms with Crippen LogP contribution in [0.3, 0.4) is 0 Å². The van der Waals surface area contributed by atoms with Gasteiger partial charge in [0.05, 0.1) is 11.3 Å². The van der Waals surface area contributed by atoms with Crippen LogP contribution >= 0.6 is 11.3 Å². The summed E-state index contributed by atoms with van der Waals surface area (Å²) in [5.74, 6) is -4.16. The van der Waals surface area contributed by atoms with Gasteiger partial charge in [0.1, 0.15) is 0 Å². The molecule has 7 nitrogen and oxygen atoms in total. The van der Waals surface area contributed by atoms with Crippen LogP contribution in [0.5, 0.6) is 0 Å². The minimum atomic E-state index is -1.34. The zero-order valence-electron chi connectivity index (χ0n) is 13.9. The second-order valence-corrected chi connectivity index (χ2v) is 6.74. The van der Waals surface area contributed by atoms with Gasteiger partial charge in [-0.05, 0) is 40.1 Å². The molecule has 1 aromatic heterocycles. The van der Waals surface area contributed by atoms with Crippen LogP contribution in [-0.4, -0.2) is 28.8 Å². The number of thiophene rings is 1. The average Bonchev–Trinajstić information content (AvgIpc) is 3.07. The Hall–Kier alpha value is -3.13. The van der Waals surface area contributed by atoms with E-state index in [4.69, 9.17) is 9.47 Å². The summed E-state index contributed by atoms with van der Waals surface area (Å²) in [4.78, 5) is 35.4. The zero-order valence-corrected chi connectivity index (χ0v) is 14.8. The monoisotopic (exact) mass is 373 g/mol. The van der Waals surface area contributed by atoms with Gasteiger partial charge in [-0.3, -0.25) is 0 Å². The van der Waals surface area contributed by atoms with E-state index in [2.05, 4.69) is 5.32 Å². The maximum atomic E-state index is 12.0. The molecule has 0 atom stereocenters. The van der Waals surface area contributed by atoms with Gasteiger partial charge >= 0.3 is 17.9 Å². The summed E-state index contributed by atoms with van der Waals surface area (Å²) in [6, 6.07) is 6.68. The van der Waals surface area contributed by atoms with Crippen molar-refractivity contribution >= 4 is 34.9 Å². The topological polar surface area (TPSA) is 102 Å². The van der Waals surface area contributed by atoms with E-state index in [1.54, 1.807) is 12.1 Å². The first-order valence-electron chi connectivity index (χ1n) is 7.60. The number of hydrogen-bond acceptors (Lipinski definition) is 7. The molecule has 1 aliphatic heterocycles. The van der Waals surface area contributed by atoms with Crippen molar-refractivity contribution in [1.29, 1.82) is 0 Å². The molecule has 1 saturated heterocycles. The van der Waals surface area contributed by atoms with Gasteiger partial charge in [-0.1, -0.05) is 6.07 Å². The number of nitrogens with one attached hydrogen (secondary N) is 1. The van der Waals surface area contributed by atoms with Crippen molar-refractivity contribution in [2.45, 2.75) is 19.6 Å². The molecule has 0 unspecified atom stereocenters. The smallest absolute Gasteiger partial charge is 0.350 e. The van der Waals surface area contributed by atoms with Gasteiger partial charge < -0.3 is 19.9 Å². The van der Waals surface area contributed by atoms with Crippen LogP contribution in [-0.2, 0) is 19.1 Å². The highest BCUT2D eigenvalue weighted by Gasteiger charge is 2.39. The van der Waals surface area contributed by atoms with Crippen molar-refractivity contribution in [2.24, 2.45) is 0 Å². The van der Waals surface area contributed by atoms with Crippen LogP contribution in [0.15, 0.2) is 46.8 Å². The molecule has 0 radical (unpaired) electrons. The Kier molecular flexibility index (Phi) is 4.52. The third-order valence-corrected chi connectivity index (χ3v) is 4.28. The third-order valence-electron chi connectivity index (χ3n) is 3.59. The highest BCUT2D eigenvalue weighted by atomic mass is 32.1. The van der Waals surface area contributed by atoms with Crippen molar-refractivity contribution in [3.63, 3.8) is 0 Å². The number of hydrogen-bond donors (Lipinski definition) is 2. The van der Waals surface area contributed by atoms with E-state index >= 15 is 0 Å². The number of carboxylic acids is 1. The van der Waals surface area contributed by atoms with E-state index in [0.29, 0.717) is 0 Å². The summed E-state index contributed by atoms with van der Waals surface area (Å²) in [5, 5.41) is 15.9. The van der Waals surface area contributed by atoms with Crippen LogP contribution in [0, 0.1) is 0 Å². The molecule has 0 saturated carbocycles. The highest BCUT2D eigenvalue weighted by Crippen LogP contribution is 2.28. The van der Waals surface area contributed by atoms with Crippen LogP contribution in [0.25, 0.3) is 11.1 Å². The average molecular weight is 373 g/mol. The number of rotatable bonds is 4. The summed E-state index contributed by atoms with van der Waals surface area (Å²) >= 11 is 1.52. The van der Waals surface area contributed by atoms with Gasteiger partial charge in [0.2, 0.25) is 0 Å². The van der Waals surface area contributed by atoms with E-state index in [-0.39, 0.29) is 16.8 Å². The second kappa shape index (κ2) is 6.64. The normalized spacial score (nSPS) is 15.8. The molecule has 26 heavy (non-hydrogen) atoms. The summed E-state index contributed by atoms with van der Waals surface area (Å²) in [6.07, 6.45) is 1.10. The predicted octanol–water partition coefficient (Wildman–Crippen LogP) is 3.25. The molecular formula is C18H15NO6S.